The molecule has 4 nitrogen and oxygen atoms in total. The topological polar surface area (TPSA) is 58.4 Å². The Hall–Kier alpha value is -1.10. The Morgan fingerprint density at radius 1 is 1.53 bits per heavy atom. The van der Waals surface area contributed by atoms with Crippen molar-refractivity contribution >= 4 is 17.5 Å². The van der Waals surface area contributed by atoms with Gasteiger partial charge in [0.2, 0.25) is 5.91 Å². The minimum atomic E-state index is -0.0480. The predicted octanol–water partition coefficient (Wildman–Crippen LogP) is 1.80. The summed E-state index contributed by atoms with van der Waals surface area (Å²) in [5.41, 5.74) is 7.14. The molecular formula is C14H22ClN3O. The highest BCUT2D eigenvalue weighted by molar-refractivity contribution is 6.30. The number of benzene rings is 1. The fourth-order valence-electron chi connectivity index (χ4n) is 2.19. The van der Waals surface area contributed by atoms with E-state index >= 15 is 0 Å². The summed E-state index contributed by atoms with van der Waals surface area (Å²) in [5, 5.41) is 3.32. The average Bonchev–Trinajstić information content (AvgIpc) is 2.35. The van der Waals surface area contributed by atoms with Crippen molar-refractivity contribution in [3.05, 3.63) is 34.9 Å². The first kappa shape index (κ1) is 16.0. The lowest BCUT2D eigenvalue weighted by molar-refractivity contribution is -0.121. The second-order valence-electron chi connectivity index (χ2n) is 4.76. The van der Waals surface area contributed by atoms with E-state index in [1.807, 2.05) is 38.2 Å². The number of halogens is 1. The number of hydrogen-bond acceptors (Lipinski definition) is 3. The molecule has 2 unspecified atom stereocenters. The Bertz CT molecular complexity index is 423. The molecule has 3 N–H and O–H groups in total. The van der Waals surface area contributed by atoms with Crippen LogP contribution in [0.3, 0.4) is 0 Å². The number of nitrogens with one attached hydrogen (secondary N) is 1. The third-order valence-electron chi connectivity index (χ3n) is 3.13. The van der Waals surface area contributed by atoms with Crippen LogP contribution >= 0.6 is 11.6 Å². The van der Waals surface area contributed by atoms with E-state index in [9.17, 15) is 4.79 Å². The van der Waals surface area contributed by atoms with Gasteiger partial charge in [-0.2, -0.15) is 0 Å². The molecule has 0 aliphatic carbocycles. The molecule has 0 saturated heterocycles. The summed E-state index contributed by atoms with van der Waals surface area (Å²) in [5.74, 6) is 0.0290. The summed E-state index contributed by atoms with van der Waals surface area (Å²) < 4.78 is 0. The van der Waals surface area contributed by atoms with Crippen LogP contribution in [0.15, 0.2) is 24.3 Å². The zero-order chi connectivity index (χ0) is 14.4. The van der Waals surface area contributed by atoms with Gasteiger partial charge in [-0.1, -0.05) is 23.7 Å². The normalized spacial score (nSPS) is 14.2. The number of nitrogens with two attached hydrogens (primary N) is 1. The lowest BCUT2D eigenvalue weighted by Crippen LogP contribution is -2.39. The zero-order valence-corrected chi connectivity index (χ0v) is 12.4. The molecular weight excluding hydrogens is 262 g/mol. The number of amides is 1. The molecule has 0 aliphatic rings. The summed E-state index contributed by atoms with van der Waals surface area (Å²) in [6.07, 6.45) is 0.455. The van der Waals surface area contributed by atoms with Crippen molar-refractivity contribution in [2.24, 2.45) is 5.73 Å². The Morgan fingerprint density at radius 3 is 2.74 bits per heavy atom. The first-order chi connectivity index (χ1) is 8.95. The molecule has 0 aromatic heterocycles. The van der Waals surface area contributed by atoms with Crippen molar-refractivity contribution in [1.82, 2.24) is 10.2 Å². The van der Waals surface area contributed by atoms with Gasteiger partial charge in [-0.15, -0.1) is 0 Å². The van der Waals surface area contributed by atoms with E-state index in [0.717, 1.165) is 5.56 Å². The summed E-state index contributed by atoms with van der Waals surface area (Å²) >= 11 is 6.02. The van der Waals surface area contributed by atoms with Crippen LogP contribution in [-0.4, -0.2) is 37.5 Å². The van der Waals surface area contributed by atoms with Gasteiger partial charge in [-0.3, -0.25) is 9.69 Å². The van der Waals surface area contributed by atoms with E-state index < -0.39 is 0 Å². The van der Waals surface area contributed by atoms with Gasteiger partial charge < -0.3 is 11.1 Å². The highest BCUT2D eigenvalue weighted by Gasteiger charge is 2.21. The van der Waals surface area contributed by atoms with Gasteiger partial charge in [0.25, 0.3) is 0 Å². The van der Waals surface area contributed by atoms with E-state index in [4.69, 9.17) is 17.3 Å². The predicted molar refractivity (Wildman–Crippen MR) is 79.2 cm³/mol. The third-order valence-corrected chi connectivity index (χ3v) is 3.37. The maximum absolute atomic E-state index is 11.3. The smallest absolute Gasteiger partial charge is 0.221 e. The lowest BCUT2D eigenvalue weighted by Gasteiger charge is -2.31. The lowest BCUT2D eigenvalue weighted by atomic mass is 9.99. The van der Waals surface area contributed by atoms with E-state index in [2.05, 4.69) is 10.2 Å². The minimum absolute atomic E-state index is 0.0290. The molecule has 1 aromatic rings. The molecule has 19 heavy (non-hydrogen) atoms. The van der Waals surface area contributed by atoms with Crippen LogP contribution in [0.4, 0.5) is 0 Å². The molecule has 1 aromatic carbocycles. The molecule has 0 bridgehead atoms. The van der Waals surface area contributed by atoms with Crippen LogP contribution in [0, 0.1) is 0 Å². The Balaban J connectivity index is 2.80. The Kier molecular flexibility index (Phi) is 6.28. The first-order valence-corrected chi connectivity index (χ1v) is 6.75. The third kappa shape index (κ3) is 4.82. The standard InChI is InChI=1S/C14H22ClN3O/c1-10(16)14(11-5-4-6-12(15)9-11)18(3)8-7-13(19)17-2/h4-6,9-10,14H,7-8,16H2,1-3H3,(H,17,19). The van der Waals surface area contributed by atoms with Crippen molar-refractivity contribution < 1.29 is 4.79 Å². The first-order valence-electron chi connectivity index (χ1n) is 6.37. The highest BCUT2D eigenvalue weighted by Crippen LogP contribution is 2.24. The Morgan fingerprint density at radius 2 is 2.21 bits per heavy atom. The number of carbonyl (C=O) groups is 1. The van der Waals surface area contributed by atoms with Crippen molar-refractivity contribution in [1.29, 1.82) is 0 Å². The van der Waals surface area contributed by atoms with Crippen LogP contribution in [0.25, 0.3) is 0 Å². The van der Waals surface area contributed by atoms with Gasteiger partial charge in [-0.25, -0.2) is 0 Å². The molecule has 0 spiro atoms. The molecule has 0 fully saturated rings. The molecule has 1 rings (SSSR count). The van der Waals surface area contributed by atoms with Crippen molar-refractivity contribution in [3.63, 3.8) is 0 Å². The second-order valence-corrected chi connectivity index (χ2v) is 5.20. The van der Waals surface area contributed by atoms with Crippen molar-refractivity contribution in [2.45, 2.75) is 25.4 Å². The quantitative estimate of drug-likeness (QED) is 0.837. The summed E-state index contributed by atoms with van der Waals surface area (Å²) in [6, 6.07) is 7.69. The average molecular weight is 284 g/mol. The van der Waals surface area contributed by atoms with Gasteiger partial charge in [0, 0.05) is 37.1 Å². The number of carbonyl (C=O) groups excluding carboxylic acids is 1. The monoisotopic (exact) mass is 283 g/mol. The number of nitrogens with zero attached hydrogens (tertiary/aromatic N) is 1. The fraction of sp³-hybridized carbons (Fsp3) is 0.500. The molecule has 106 valence electrons. The summed E-state index contributed by atoms with van der Waals surface area (Å²) in [7, 11) is 3.61. The van der Waals surface area contributed by atoms with E-state index in [-0.39, 0.29) is 18.0 Å². The SMILES string of the molecule is CNC(=O)CCN(C)C(c1cccc(Cl)c1)C(C)N. The van der Waals surface area contributed by atoms with Crippen LogP contribution in [-0.2, 0) is 4.79 Å². The fourth-order valence-corrected chi connectivity index (χ4v) is 2.39. The van der Waals surface area contributed by atoms with Crippen LogP contribution in [0.1, 0.15) is 24.9 Å². The summed E-state index contributed by atoms with van der Waals surface area (Å²) in [6.45, 7) is 2.61. The van der Waals surface area contributed by atoms with Crippen LogP contribution in [0.2, 0.25) is 5.02 Å². The van der Waals surface area contributed by atoms with Gasteiger partial charge in [0.05, 0.1) is 0 Å². The number of hydrogen-bond donors (Lipinski definition) is 2. The number of rotatable bonds is 6. The van der Waals surface area contributed by atoms with Gasteiger partial charge >= 0.3 is 0 Å². The van der Waals surface area contributed by atoms with E-state index in [0.29, 0.717) is 18.0 Å². The molecule has 1 amide bonds. The van der Waals surface area contributed by atoms with Crippen molar-refractivity contribution in [2.75, 3.05) is 20.6 Å². The molecule has 0 aliphatic heterocycles. The molecule has 5 heteroatoms. The maximum atomic E-state index is 11.3. The minimum Gasteiger partial charge on any atom is -0.359 e. The largest absolute Gasteiger partial charge is 0.359 e. The van der Waals surface area contributed by atoms with Crippen molar-refractivity contribution in [3.8, 4) is 0 Å². The van der Waals surface area contributed by atoms with Gasteiger partial charge in [0.15, 0.2) is 0 Å². The molecule has 0 heterocycles. The van der Waals surface area contributed by atoms with E-state index in [1.54, 1.807) is 7.05 Å². The molecule has 0 saturated carbocycles. The van der Waals surface area contributed by atoms with Crippen LogP contribution < -0.4 is 11.1 Å². The highest BCUT2D eigenvalue weighted by atomic mass is 35.5. The van der Waals surface area contributed by atoms with E-state index in [1.165, 1.54) is 0 Å². The summed E-state index contributed by atoms with van der Waals surface area (Å²) in [4.78, 5) is 13.4. The van der Waals surface area contributed by atoms with Gasteiger partial charge in [-0.05, 0) is 31.7 Å². The number of likely N-dealkylation sites (N-methyl/N-ethyl adjacent to an activating group) is 1. The zero-order valence-electron chi connectivity index (χ0n) is 11.7. The molecule has 2 atom stereocenters. The molecule has 0 radical (unpaired) electrons. The van der Waals surface area contributed by atoms with Crippen LogP contribution in [0.5, 0.6) is 0 Å². The van der Waals surface area contributed by atoms with Gasteiger partial charge in [0.1, 0.15) is 0 Å². The maximum Gasteiger partial charge on any atom is 0.221 e. The Labute approximate surface area is 119 Å². The second kappa shape index (κ2) is 7.48.